The Hall–Kier alpha value is -3.27. The molecule has 1 aromatic carbocycles. The van der Waals surface area contributed by atoms with Crippen molar-refractivity contribution in [2.24, 2.45) is 0 Å². The summed E-state index contributed by atoms with van der Waals surface area (Å²) in [4.78, 5) is 31.4. The fraction of sp³-hybridized carbons (Fsp3) is 0.286. The van der Waals surface area contributed by atoms with Crippen molar-refractivity contribution in [2.45, 2.75) is 27.0 Å². The maximum absolute atomic E-state index is 12.5. The van der Waals surface area contributed by atoms with Crippen LogP contribution in [-0.4, -0.2) is 42.0 Å². The number of pyridine rings is 1. The molecule has 164 valence electrons. The Kier molecular flexibility index (Phi) is 6.69. The van der Waals surface area contributed by atoms with Crippen LogP contribution in [0.15, 0.2) is 30.3 Å². The molecule has 0 aliphatic carbocycles. The number of esters is 1. The van der Waals surface area contributed by atoms with E-state index in [1.54, 1.807) is 19.2 Å². The summed E-state index contributed by atoms with van der Waals surface area (Å²) in [5.74, 6) is -1.08. The van der Waals surface area contributed by atoms with Gasteiger partial charge in [0, 0.05) is 24.7 Å². The third-order valence-electron chi connectivity index (χ3n) is 4.53. The number of aromatic nitrogens is 1. The Balaban J connectivity index is 1.60. The van der Waals surface area contributed by atoms with Crippen LogP contribution >= 0.6 is 11.3 Å². The number of alkyl halides is 2. The van der Waals surface area contributed by atoms with E-state index < -0.39 is 25.1 Å². The summed E-state index contributed by atoms with van der Waals surface area (Å²) in [5, 5.41) is 0.713. The predicted octanol–water partition coefficient (Wildman–Crippen LogP) is 3.91. The number of rotatable bonds is 7. The number of benzene rings is 1. The van der Waals surface area contributed by atoms with Gasteiger partial charge in [-0.1, -0.05) is 12.1 Å². The maximum atomic E-state index is 12.5. The zero-order chi connectivity index (χ0) is 22.7. The minimum Gasteiger partial charge on any atom is -0.451 e. The molecule has 2 aromatic heterocycles. The van der Waals surface area contributed by atoms with E-state index in [-0.39, 0.29) is 17.2 Å². The molecule has 0 aliphatic heterocycles. The number of amides is 1. The number of aryl methyl sites for hydroxylation is 2. The Morgan fingerprint density at radius 2 is 1.90 bits per heavy atom. The smallest absolute Gasteiger partial charge is 0.387 e. The molecule has 3 rings (SSSR count). The van der Waals surface area contributed by atoms with Crippen molar-refractivity contribution in [2.75, 3.05) is 19.4 Å². The summed E-state index contributed by atoms with van der Waals surface area (Å²) >= 11 is 1.13. The Labute approximate surface area is 181 Å². The van der Waals surface area contributed by atoms with Crippen molar-refractivity contribution in [3.63, 3.8) is 0 Å². The molecular formula is C21H21F2N3O4S. The van der Waals surface area contributed by atoms with E-state index >= 15 is 0 Å². The lowest BCUT2D eigenvalue weighted by Gasteiger charge is -2.17. The highest BCUT2D eigenvalue weighted by atomic mass is 32.1. The largest absolute Gasteiger partial charge is 0.451 e. The number of carbonyl (C=O) groups excluding carboxylic acids is 2. The number of hydrogen-bond acceptors (Lipinski definition) is 7. The van der Waals surface area contributed by atoms with E-state index in [1.807, 2.05) is 19.9 Å². The molecule has 0 unspecified atom stereocenters. The highest BCUT2D eigenvalue weighted by molar-refractivity contribution is 7.21. The topological polar surface area (TPSA) is 94.8 Å². The number of halogens is 2. The molecule has 10 heteroatoms. The molecule has 0 spiro atoms. The van der Waals surface area contributed by atoms with E-state index in [4.69, 9.17) is 10.5 Å². The van der Waals surface area contributed by atoms with E-state index in [9.17, 15) is 18.4 Å². The van der Waals surface area contributed by atoms with Gasteiger partial charge in [0.1, 0.15) is 15.5 Å². The Bertz CT molecular complexity index is 1120. The first kappa shape index (κ1) is 22.4. The van der Waals surface area contributed by atoms with Gasteiger partial charge in [-0.15, -0.1) is 11.3 Å². The number of carbonyl (C=O) groups is 2. The fourth-order valence-electron chi connectivity index (χ4n) is 3.06. The molecule has 31 heavy (non-hydrogen) atoms. The number of fused-ring (bicyclic) bond motifs is 1. The van der Waals surface area contributed by atoms with Gasteiger partial charge in [0.25, 0.3) is 5.91 Å². The predicted molar refractivity (Wildman–Crippen MR) is 113 cm³/mol. The minimum absolute atomic E-state index is 0.0301. The second-order valence-corrected chi connectivity index (χ2v) is 7.95. The van der Waals surface area contributed by atoms with Crippen molar-refractivity contribution in [3.05, 3.63) is 52.0 Å². The van der Waals surface area contributed by atoms with Crippen LogP contribution in [0.2, 0.25) is 0 Å². The number of nitrogen functional groups attached to an aromatic ring is 1. The third-order valence-corrected chi connectivity index (χ3v) is 5.61. The average molecular weight is 449 g/mol. The summed E-state index contributed by atoms with van der Waals surface area (Å²) in [5.41, 5.74) is 8.84. The van der Waals surface area contributed by atoms with Gasteiger partial charge in [0.15, 0.2) is 6.61 Å². The lowest BCUT2D eigenvalue weighted by molar-refractivity contribution is -0.133. The minimum atomic E-state index is -2.90. The molecule has 2 N–H and O–H groups in total. The molecule has 0 saturated carbocycles. The monoisotopic (exact) mass is 449 g/mol. The van der Waals surface area contributed by atoms with Gasteiger partial charge in [0.05, 0.1) is 5.69 Å². The summed E-state index contributed by atoms with van der Waals surface area (Å²) in [6, 6.07) is 7.81. The van der Waals surface area contributed by atoms with Crippen molar-refractivity contribution in [3.8, 4) is 5.75 Å². The van der Waals surface area contributed by atoms with Gasteiger partial charge in [-0.2, -0.15) is 8.78 Å². The van der Waals surface area contributed by atoms with Gasteiger partial charge in [-0.05, 0) is 43.2 Å². The maximum Gasteiger partial charge on any atom is 0.387 e. The molecule has 0 radical (unpaired) electrons. The first-order chi connectivity index (χ1) is 14.7. The average Bonchev–Trinajstić information content (AvgIpc) is 3.03. The Morgan fingerprint density at radius 3 is 2.55 bits per heavy atom. The van der Waals surface area contributed by atoms with Crippen LogP contribution in [0.5, 0.6) is 5.75 Å². The first-order valence-corrected chi connectivity index (χ1v) is 10.1. The number of likely N-dealkylation sites (N-methyl/N-ethyl adjacent to an activating group) is 1. The lowest BCUT2D eigenvalue weighted by atomic mass is 10.1. The van der Waals surface area contributed by atoms with Crippen molar-refractivity contribution < 1.29 is 27.8 Å². The molecule has 0 aliphatic rings. The van der Waals surface area contributed by atoms with E-state index in [0.717, 1.165) is 22.6 Å². The molecule has 1 amide bonds. The van der Waals surface area contributed by atoms with Crippen LogP contribution < -0.4 is 10.5 Å². The normalized spacial score (nSPS) is 11.0. The van der Waals surface area contributed by atoms with Gasteiger partial charge < -0.3 is 20.1 Å². The van der Waals surface area contributed by atoms with Crippen LogP contribution in [0.4, 0.5) is 14.5 Å². The molecule has 0 saturated heterocycles. The molecule has 0 bridgehead atoms. The number of thiophene rings is 1. The SMILES string of the molecule is Cc1cc(C)c2c(N)c(C(=O)OCC(=O)N(C)Cc3ccc(OC(F)F)cc3)sc2n1. The molecular weight excluding hydrogens is 428 g/mol. The second kappa shape index (κ2) is 9.25. The van der Waals surface area contributed by atoms with Crippen LogP contribution in [0.1, 0.15) is 26.5 Å². The molecule has 7 nitrogen and oxygen atoms in total. The first-order valence-electron chi connectivity index (χ1n) is 9.26. The summed E-state index contributed by atoms with van der Waals surface area (Å²) in [6.07, 6.45) is 0. The second-order valence-electron chi connectivity index (χ2n) is 6.95. The van der Waals surface area contributed by atoms with Crippen molar-refractivity contribution >= 4 is 39.1 Å². The van der Waals surface area contributed by atoms with Gasteiger partial charge in [-0.25, -0.2) is 9.78 Å². The highest BCUT2D eigenvalue weighted by Crippen LogP contribution is 2.35. The van der Waals surface area contributed by atoms with E-state index in [0.29, 0.717) is 21.5 Å². The number of hydrogen-bond donors (Lipinski definition) is 1. The van der Waals surface area contributed by atoms with Crippen LogP contribution in [0.3, 0.4) is 0 Å². The van der Waals surface area contributed by atoms with Crippen LogP contribution in [-0.2, 0) is 16.1 Å². The zero-order valence-electron chi connectivity index (χ0n) is 17.1. The fourth-order valence-corrected chi connectivity index (χ4v) is 4.17. The molecule has 2 heterocycles. The summed E-state index contributed by atoms with van der Waals surface area (Å²) in [6.45, 7) is 0.594. The van der Waals surface area contributed by atoms with E-state index in [2.05, 4.69) is 9.72 Å². The summed E-state index contributed by atoms with van der Waals surface area (Å²) < 4.78 is 33.9. The van der Waals surface area contributed by atoms with Crippen molar-refractivity contribution in [1.29, 1.82) is 0 Å². The molecule has 0 atom stereocenters. The zero-order valence-corrected chi connectivity index (χ0v) is 18.0. The Morgan fingerprint density at radius 1 is 1.23 bits per heavy atom. The quantitative estimate of drug-likeness (QED) is 0.550. The highest BCUT2D eigenvalue weighted by Gasteiger charge is 2.21. The standard InChI is InChI=1S/C21H21F2N3O4S/c1-11-8-12(2)25-19-16(11)17(24)18(31-19)20(28)29-10-15(27)26(3)9-13-4-6-14(7-5-13)30-21(22)23/h4-8,21H,9-10,24H2,1-3H3. The summed E-state index contributed by atoms with van der Waals surface area (Å²) in [7, 11) is 1.55. The van der Waals surface area contributed by atoms with Gasteiger partial charge in [0.2, 0.25) is 0 Å². The number of ether oxygens (including phenoxy) is 2. The number of anilines is 1. The molecule has 0 fully saturated rings. The van der Waals surface area contributed by atoms with Gasteiger partial charge in [-0.3, -0.25) is 4.79 Å². The van der Waals surface area contributed by atoms with Crippen LogP contribution in [0.25, 0.3) is 10.2 Å². The number of nitrogens with zero attached hydrogens (tertiary/aromatic N) is 2. The third kappa shape index (κ3) is 5.26. The lowest BCUT2D eigenvalue weighted by Crippen LogP contribution is -2.30. The van der Waals surface area contributed by atoms with E-state index in [1.165, 1.54) is 17.0 Å². The van der Waals surface area contributed by atoms with Crippen molar-refractivity contribution in [1.82, 2.24) is 9.88 Å². The number of nitrogens with two attached hydrogens (primary N) is 1. The molecule has 3 aromatic rings. The van der Waals surface area contributed by atoms with Crippen LogP contribution in [0, 0.1) is 13.8 Å². The van der Waals surface area contributed by atoms with Gasteiger partial charge >= 0.3 is 12.6 Å².